The molecule has 0 amide bonds. The predicted molar refractivity (Wildman–Crippen MR) is 99.8 cm³/mol. The van der Waals surface area contributed by atoms with Crippen LogP contribution in [0.4, 0.5) is 5.00 Å². The highest BCUT2D eigenvalue weighted by atomic mass is 35.5. The number of rotatable bonds is 4. The van der Waals surface area contributed by atoms with E-state index in [0.717, 1.165) is 25.1 Å². The van der Waals surface area contributed by atoms with Crippen molar-refractivity contribution in [1.82, 2.24) is 0 Å². The number of carbonyl (C=O) groups excluding carboxylic acids is 1. The van der Waals surface area contributed by atoms with Crippen LogP contribution in [0.5, 0.6) is 5.75 Å². The molecule has 0 bridgehead atoms. The number of aliphatic imine (C=N–C) groups is 1. The van der Waals surface area contributed by atoms with Crippen molar-refractivity contribution in [3.63, 3.8) is 0 Å². The molecule has 1 aliphatic rings. The number of hydrogen-bond donors (Lipinski definition) is 2. The van der Waals surface area contributed by atoms with Crippen molar-refractivity contribution in [3.05, 3.63) is 44.8 Å². The highest BCUT2D eigenvalue weighted by molar-refractivity contribution is 7.16. The number of phenols is 1. The van der Waals surface area contributed by atoms with Crippen molar-refractivity contribution in [3.8, 4) is 5.75 Å². The molecule has 0 radical (unpaired) electrons. The molecule has 0 spiro atoms. The molecule has 0 aliphatic carbocycles. The smallest absolute Gasteiger partial charge is 0.341 e. The number of ether oxygens (including phenoxy) is 1. The van der Waals surface area contributed by atoms with E-state index in [1.165, 1.54) is 33.4 Å². The van der Waals surface area contributed by atoms with Crippen LogP contribution in [0.2, 0.25) is 5.02 Å². The maximum atomic E-state index is 12.4. The van der Waals surface area contributed by atoms with Gasteiger partial charge in [0, 0.05) is 23.2 Å². The van der Waals surface area contributed by atoms with E-state index < -0.39 is 0 Å². The molecule has 1 aromatic carbocycles. The zero-order valence-electron chi connectivity index (χ0n) is 14.1. The number of carbonyl (C=O) groups is 1. The molecular formula is C18H20ClN2O3S+. The first-order valence-electron chi connectivity index (χ1n) is 8.15. The maximum Gasteiger partial charge on any atom is 0.341 e. The first-order valence-corrected chi connectivity index (χ1v) is 9.34. The molecule has 5 nitrogen and oxygen atoms in total. The average Bonchev–Trinajstić information content (AvgIpc) is 2.93. The Labute approximate surface area is 155 Å². The second kappa shape index (κ2) is 7.56. The number of aromatic hydroxyl groups is 1. The van der Waals surface area contributed by atoms with Gasteiger partial charge in [-0.25, -0.2) is 9.79 Å². The van der Waals surface area contributed by atoms with Crippen molar-refractivity contribution in [2.45, 2.75) is 19.9 Å². The summed E-state index contributed by atoms with van der Waals surface area (Å²) in [4.78, 5) is 19.5. The van der Waals surface area contributed by atoms with E-state index in [0.29, 0.717) is 27.8 Å². The minimum Gasteiger partial charge on any atom is -0.507 e. The van der Waals surface area contributed by atoms with Crippen molar-refractivity contribution < 1.29 is 19.5 Å². The summed E-state index contributed by atoms with van der Waals surface area (Å²) in [6.45, 7) is 3.98. The largest absolute Gasteiger partial charge is 0.507 e. The van der Waals surface area contributed by atoms with Gasteiger partial charge in [0.05, 0.1) is 25.1 Å². The Kier molecular flexibility index (Phi) is 5.42. The third-order valence-corrected chi connectivity index (χ3v) is 5.50. The number of quaternary nitrogens is 1. The van der Waals surface area contributed by atoms with E-state index in [-0.39, 0.29) is 11.7 Å². The van der Waals surface area contributed by atoms with Gasteiger partial charge in [0.2, 0.25) is 0 Å². The summed E-state index contributed by atoms with van der Waals surface area (Å²) in [6, 6.07) is 4.77. The molecule has 132 valence electrons. The fourth-order valence-corrected chi connectivity index (χ4v) is 4.34. The van der Waals surface area contributed by atoms with Gasteiger partial charge >= 0.3 is 5.97 Å². The minimum atomic E-state index is -0.331. The number of benzene rings is 1. The fraction of sp³-hybridized carbons (Fsp3) is 0.333. The lowest BCUT2D eigenvalue weighted by atomic mass is 10.0. The van der Waals surface area contributed by atoms with Crippen LogP contribution < -0.4 is 4.90 Å². The normalized spacial score (nSPS) is 16.8. The molecule has 1 aromatic heterocycles. The Balaban J connectivity index is 2.01. The summed E-state index contributed by atoms with van der Waals surface area (Å²) in [5.41, 5.74) is 2.13. The Morgan fingerprint density at radius 1 is 1.52 bits per heavy atom. The highest BCUT2D eigenvalue weighted by Crippen LogP contribution is 2.37. The summed E-state index contributed by atoms with van der Waals surface area (Å²) < 4.78 is 5.23. The number of halogens is 1. The quantitative estimate of drug-likeness (QED) is 0.634. The Hall–Kier alpha value is -1.89. The maximum absolute atomic E-state index is 12.4. The predicted octanol–water partition coefficient (Wildman–Crippen LogP) is 2.61. The highest BCUT2D eigenvalue weighted by Gasteiger charge is 2.29. The molecule has 2 heterocycles. The lowest BCUT2D eigenvalue weighted by molar-refractivity contribution is -0.895. The van der Waals surface area contributed by atoms with E-state index in [9.17, 15) is 9.90 Å². The first kappa shape index (κ1) is 17.9. The molecule has 25 heavy (non-hydrogen) atoms. The van der Waals surface area contributed by atoms with E-state index in [1.54, 1.807) is 19.1 Å². The van der Waals surface area contributed by atoms with Crippen molar-refractivity contribution in [2.75, 3.05) is 20.2 Å². The van der Waals surface area contributed by atoms with Crippen molar-refractivity contribution in [1.29, 1.82) is 0 Å². The molecule has 1 aliphatic heterocycles. The Morgan fingerprint density at radius 2 is 2.32 bits per heavy atom. The van der Waals surface area contributed by atoms with Gasteiger partial charge < -0.3 is 14.7 Å². The second-order valence-corrected chi connectivity index (χ2v) is 7.52. The third-order valence-electron chi connectivity index (χ3n) is 4.13. The van der Waals surface area contributed by atoms with E-state index >= 15 is 0 Å². The van der Waals surface area contributed by atoms with Crippen molar-refractivity contribution in [2.24, 2.45) is 4.99 Å². The van der Waals surface area contributed by atoms with Gasteiger partial charge in [0.25, 0.3) is 0 Å². The van der Waals surface area contributed by atoms with Crippen LogP contribution in [0.1, 0.15) is 33.3 Å². The van der Waals surface area contributed by atoms with Crippen LogP contribution in [-0.2, 0) is 17.7 Å². The minimum absolute atomic E-state index is 0.0938. The number of fused-ring (bicyclic) bond motifs is 1. The molecule has 2 N–H and O–H groups in total. The number of nitrogens with one attached hydrogen (secondary N) is 1. The molecule has 0 saturated heterocycles. The summed E-state index contributed by atoms with van der Waals surface area (Å²) in [6.07, 6.45) is 2.38. The number of thiophene rings is 1. The standard InChI is InChI=1S/C18H19ClN2O3S/c1-3-24-18(23)16-13-6-7-21(2)10-15(13)25-17(16)20-9-11-8-12(19)4-5-14(11)22/h4-5,8-9,22H,3,6-7,10H2,1-2H3/p+1/b20-9+. The molecule has 3 rings (SSSR count). The molecule has 0 saturated carbocycles. The van der Waals surface area contributed by atoms with Gasteiger partial charge in [-0.3, -0.25) is 0 Å². The second-order valence-electron chi connectivity index (χ2n) is 6.00. The molecular weight excluding hydrogens is 360 g/mol. The van der Waals surface area contributed by atoms with Crippen LogP contribution in [0, 0.1) is 0 Å². The number of nitrogens with zero attached hydrogens (tertiary/aromatic N) is 1. The van der Waals surface area contributed by atoms with Gasteiger partial charge in [-0.05, 0) is 30.7 Å². The molecule has 0 fully saturated rings. The fourth-order valence-electron chi connectivity index (χ4n) is 2.87. The van der Waals surface area contributed by atoms with Gasteiger partial charge in [-0.15, -0.1) is 11.3 Å². The Morgan fingerprint density at radius 3 is 3.08 bits per heavy atom. The average molecular weight is 380 g/mol. The lowest BCUT2D eigenvalue weighted by Crippen LogP contribution is -3.08. The van der Waals surface area contributed by atoms with Crippen LogP contribution in [0.15, 0.2) is 23.2 Å². The van der Waals surface area contributed by atoms with Gasteiger partial charge in [-0.2, -0.15) is 0 Å². The summed E-state index contributed by atoms with van der Waals surface area (Å²) >= 11 is 7.49. The summed E-state index contributed by atoms with van der Waals surface area (Å²) in [5, 5.41) is 11.1. The number of phenolic OH excluding ortho intramolecular Hbond substituents is 1. The van der Waals surface area contributed by atoms with Crippen LogP contribution in [0.25, 0.3) is 0 Å². The van der Waals surface area contributed by atoms with Crippen molar-refractivity contribution >= 4 is 40.1 Å². The Bertz CT molecular complexity index is 832. The number of likely N-dealkylation sites (N-methyl/N-ethyl adjacent to an activating group) is 1. The van der Waals surface area contributed by atoms with Crippen LogP contribution in [-0.4, -0.2) is 37.5 Å². The van der Waals surface area contributed by atoms with Crippen LogP contribution in [0.3, 0.4) is 0 Å². The molecule has 2 aromatic rings. The topological polar surface area (TPSA) is 63.3 Å². The van der Waals surface area contributed by atoms with E-state index in [4.69, 9.17) is 16.3 Å². The van der Waals surface area contributed by atoms with E-state index in [2.05, 4.69) is 12.0 Å². The molecule has 1 unspecified atom stereocenters. The zero-order valence-corrected chi connectivity index (χ0v) is 15.7. The molecule has 7 heteroatoms. The first-order chi connectivity index (χ1) is 12.0. The van der Waals surface area contributed by atoms with E-state index in [1.807, 2.05) is 0 Å². The number of hydrogen-bond acceptors (Lipinski definition) is 5. The van der Waals surface area contributed by atoms with Crippen LogP contribution >= 0.6 is 22.9 Å². The van der Waals surface area contributed by atoms with Gasteiger partial charge in [-0.1, -0.05) is 11.6 Å². The van der Waals surface area contributed by atoms with Gasteiger partial charge in [0.1, 0.15) is 22.9 Å². The monoisotopic (exact) mass is 379 g/mol. The molecule has 1 atom stereocenters. The SMILES string of the molecule is CCOC(=O)c1c(/N=C/c2cc(Cl)ccc2O)sc2c1CC[NH+](C)C2. The number of esters is 1. The third kappa shape index (κ3) is 3.86. The zero-order chi connectivity index (χ0) is 18.0. The van der Waals surface area contributed by atoms with Gasteiger partial charge in [0.15, 0.2) is 0 Å². The summed E-state index contributed by atoms with van der Waals surface area (Å²) in [7, 11) is 2.14. The lowest BCUT2D eigenvalue weighted by Gasteiger charge is -2.19. The summed E-state index contributed by atoms with van der Waals surface area (Å²) in [5.74, 6) is -0.238.